The molecule has 9 nitrogen and oxygen atoms in total. The number of hydrogen-bond acceptors (Lipinski definition) is 9. The normalized spacial score (nSPS) is 19.3. The Hall–Kier alpha value is -2.87. The fourth-order valence-electron chi connectivity index (χ4n) is 6.03. The van der Waals surface area contributed by atoms with Gasteiger partial charge in [0, 0.05) is 0 Å². The molecule has 215 valence electrons. The molecular formula is C30H35FN5O4Pb. The number of hydrogen-bond donors (Lipinski definition) is 0. The van der Waals surface area contributed by atoms with E-state index in [0.717, 1.165) is 80.6 Å². The molecule has 4 heterocycles. The average molecular weight is 756 g/mol. The van der Waals surface area contributed by atoms with Crippen molar-refractivity contribution in [1.29, 1.82) is 0 Å². The van der Waals surface area contributed by atoms with Crippen LogP contribution in [0.5, 0.6) is 17.2 Å². The minimum atomic E-state index is -0.680. The van der Waals surface area contributed by atoms with Crippen molar-refractivity contribution in [3.63, 3.8) is 0 Å². The molecule has 0 N–H and O–H groups in total. The van der Waals surface area contributed by atoms with Crippen LogP contribution in [0.15, 0.2) is 43.0 Å². The maximum atomic E-state index is 13.8. The van der Waals surface area contributed by atoms with E-state index in [-0.39, 0.29) is 22.8 Å². The summed E-state index contributed by atoms with van der Waals surface area (Å²) >= 11 is 1.15. The summed E-state index contributed by atoms with van der Waals surface area (Å²) in [6.07, 6.45) is 8.02. The summed E-state index contributed by atoms with van der Waals surface area (Å²) in [4.78, 5) is 30.0. The second-order valence-electron chi connectivity index (χ2n) is 10.5. The number of ether oxygens (including phenoxy) is 3. The molecule has 6 rings (SSSR count). The van der Waals surface area contributed by atoms with E-state index in [9.17, 15) is 9.18 Å². The first-order valence-electron chi connectivity index (χ1n) is 14.0. The zero-order valence-corrected chi connectivity index (χ0v) is 27.8. The van der Waals surface area contributed by atoms with Gasteiger partial charge >= 0.3 is 154 Å². The van der Waals surface area contributed by atoms with Crippen LogP contribution in [-0.4, -0.2) is 88.5 Å². The first kappa shape index (κ1) is 29.6. The van der Waals surface area contributed by atoms with Crippen molar-refractivity contribution in [2.45, 2.75) is 52.2 Å². The van der Waals surface area contributed by atoms with E-state index in [1.165, 1.54) is 36.8 Å². The minimum absolute atomic E-state index is 0.00289. The molecule has 41 heavy (non-hydrogen) atoms. The van der Waals surface area contributed by atoms with Gasteiger partial charge in [0.15, 0.2) is 5.75 Å². The van der Waals surface area contributed by atoms with Crippen LogP contribution >= 0.6 is 0 Å². The van der Waals surface area contributed by atoms with Gasteiger partial charge in [-0.2, -0.15) is 0 Å². The van der Waals surface area contributed by atoms with Gasteiger partial charge < -0.3 is 9.47 Å². The van der Waals surface area contributed by atoms with Gasteiger partial charge in [-0.25, -0.2) is 19.2 Å². The molecule has 0 bridgehead atoms. The van der Waals surface area contributed by atoms with Crippen molar-refractivity contribution in [2.75, 3.05) is 35.7 Å². The van der Waals surface area contributed by atoms with Crippen LogP contribution < -0.4 is 14.4 Å². The van der Waals surface area contributed by atoms with Crippen LogP contribution in [0.3, 0.4) is 0 Å². The summed E-state index contributed by atoms with van der Waals surface area (Å²) in [6, 6.07) is 6.09. The SMILES string of the molecule is CC.COC(=O)c1cc(F)ccc1Oc1cncnc1N1CC2(CC(Oc3ccnc4c3C(C)N([CH2][Pb])CC4)C2)C1. The van der Waals surface area contributed by atoms with Crippen LogP contribution in [0, 0.1) is 11.2 Å². The molecule has 1 aromatic carbocycles. The number of rotatable bonds is 7. The Labute approximate surface area is 256 Å². The summed E-state index contributed by atoms with van der Waals surface area (Å²) in [5.74, 6) is 0.976. The Balaban J connectivity index is 0.00000165. The van der Waals surface area contributed by atoms with Crippen molar-refractivity contribution < 1.29 is 23.4 Å². The second-order valence-corrected chi connectivity index (χ2v) is 11.7. The first-order chi connectivity index (χ1) is 19.9. The number of aromatic nitrogens is 3. The van der Waals surface area contributed by atoms with Gasteiger partial charge in [-0.3, -0.25) is 0 Å². The summed E-state index contributed by atoms with van der Waals surface area (Å²) in [5, 5.41) is 0. The van der Waals surface area contributed by atoms with E-state index in [1.54, 1.807) is 6.20 Å². The summed E-state index contributed by atoms with van der Waals surface area (Å²) in [6.45, 7) is 8.98. The van der Waals surface area contributed by atoms with E-state index in [2.05, 4.69) is 31.7 Å². The average Bonchev–Trinajstić information content (AvgIpc) is 2.96. The molecule has 1 unspecified atom stereocenters. The van der Waals surface area contributed by atoms with Crippen molar-refractivity contribution in [1.82, 2.24) is 19.9 Å². The van der Waals surface area contributed by atoms with Gasteiger partial charge in [0.25, 0.3) is 0 Å². The standard InChI is InChI=1S/C28H29FN5O4.C2H6.Pb/c1-17-25-21(7-9-33(17)2)31-8-6-23(25)37-19-11-28(12-19)14-34(15-28)26-24(13-30-16-32-26)38-22-5-4-18(29)10-20(22)27(35)36-3;1-2;/h4-6,8,10,13,16-17,19H,2,7,9,11-12,14-15H2,1,3H3;1-2H3;. The van der Waals surface area contributed by atoms with Crippen LogP contribution in [0.1, 0.15) is 61.3 Å². The molecule has 0 amide bonds. The predicted octanol–water partition coefficient (Wildman–Crippen LogP) is 4.71. The molecule has 1 saturated carbocycles. The van der Waals surface area contributed by atoms with Gasteiger partial charge in [0.05, 0.1) is 13.3 Å². The Morgan fingerprint density at radius 3 is 2.66 bits per heavy atom. The molecule has 1 aliphatic carbocycles. The second kappa shape index (κ2) is 12.6. The summed E-state index contributed by atoms with van der Waals surface area (Å²) in [5.41, 5.74) is 2.61. The Morgan fingerprint density at radius 1 is 1.15 bits per heavy atom. The van der Waals surface area contributed by atoms with Gasteiger partial charge in [-0.1, -0.05) is 13.8 Å². The maximum absolute atomic E-state index is 13.8. The predicted molar refractivity (Wildman–Crippen MR) is 153 cm³/mol. The topological polar surface area (TPSA) is 89.9 Å². The summed E-state index contributed by atoms with van der Waals surface area (Å²) in [7, 11) is 1.24. The van der Waals surface area contributed by atoms with Crippen LogP contribution in [0.25, 0.3) is 0 Å². The van der Waals surface area contributed by atoms with E-state index in [4.69, 9.17) is 14.2 Å². The molecule has 3 aromatic rings. The summed E-state index contributed by atoms with van der Waals surface area (Å²) < 4.78 is 32.3. The number of pyridine rings is 1. The van der Waals surface area contributed by atoms with Gasteiger partial charge in [-0.15, -0.1) is 0 Å². The monoisotopic (exact) mass is 756 g/mol. The first-order valence-corrected chi connectivity index (χ1v) is 16.8. The molecule has 2 aliphatic heterocycles. The fourth-order valence-corrected chi connectivity index (χ4v) is 7.71. The van der Waals surface area contributed by atoms with Crippen molar-refractivity contribution >= 4 is 37.6 Å². The number of benzene rings is 1. The fraction of sp³-hybridized carbons (Fsp3) is 0.467. The van der Waals surface area contributed by atoms with E-state index < -0.39 is 11.8 Å². The van der Waals surface area contributed by atoms with Crippen molar-refractivity contribution in [3.05, 3.63) is 65.6 Å². The molecule has 3 aliphatic rings. The molecule has 1 atom stereocenters. The molecule has 3 radical (unpaired) electrons. The quantitative estimate of drug-likeness (QED) is 0.252. The zero-order chi connectivity index (χ0) is 29.1. The van der Waals surface area contributed by atoms with Crippen LogP contribution in [0.2, 0.25) is 0 Å². The number of halogens is 1. The van der Waals surface area contributed by atoms with Crippen LogP contribution in [-0.2, 0) is 11.2 Å². The molecule has 2 aromatic heterocycles. The number of anilines is 1. The van der Waals surface area contributed by atoms with E-state index in [1.807, 2.05) is 26.1 Å². The zero-order valence-electron chi connectivity index (χ0n) is 23.9. The Kier molecular flexibility index (Phi) is 9.07. The molecule has 1 saturated heterocycles. The number of fused-ring (bicyclic) bond motifs is 1. The van der Waals surface area contributed by atoms with E-state index >= 15 is 0 Å². The Bertz CT molecular complexity index is 1400. The number of carbonyl (C=O) groups is 1. The molecule has 2 fully saturated rings. The molecule has 11 heteroatoms. The number of nitrogens with zero attached hydrogens (tertiary/aromatic N) is 5. The third-order valence-corrected chi connectivity index (χ3v) is 9.61. The van der Waals surface area contributed by atoms with Gasteiger partial charge in [0.1, 0.15) is 23.5 Å². The van der Waals surface area contributed by atoms with Gasteiger partial charge in [0.2, 0.25) is 0 Å². The van der Waals surface area contributed by atoms with E-state index in [0.29, 0.717) is 17.6 Å². The van der Waals surface area contributed by atoms with Crippen LogP contribution in [0.4, 0.5) is 10.2 Å². The third kappa shape index (κ3) is 5.90. The van der Waals surface area contributed by atoms with Crippen molar-refractivity contribution in [2.24, 2.45) is 5.41 Å². The molecular weight excluding hydrogens is 721 g/mol. The number of esters is 1. The third-order valence-electron chi connectivity index (χ3n) is 8.03. The number of methoxy groups -OCH3 is 1. The molecule has 1 spiro atoms. The van der Waals surface area contributed by atoms with Gasteiger partial charge in [-0.05, 0) is 18.2 Å². The van der Waals surface area contributed by atoms with Crippen molar-refractivity contribution in [3.8, 4) is 17.2 Å². The Morgan fingerprint density at radius 2 is 1.93 bits per heavy atom. The number of carbonyl (C=O) groups excluding carboxylic acids is 1.